The zero-order chi connectivity index (χ0) is 17.8. The number of likely N-dealkylation sites (tertiary alicyclic amines) is 1. The molecule has 1 saturated heterocycles. The second kappa shape index (κ2) is 7.61. The number of carbonyl (C=O) groups excluding carboxylic acids is 1. The van der Waals surface area contributed by atoms with E-state index in [1.807, 2.05) is 6.07 Å². The number of hydrogen-bond acceptors (Lipinski definition) is 5. The van der Waals surface area contributed by atoms with Crippen LogP contribution in [0.5, 0.6) is 0 Å². The topological polar surface area (TPSA) is 75.4 Å². The van der Waals surface area contributed by atoms with Crippen LogP contribution in [0, 0.1) is 0 Å². The summed E-state index contributed by atoms with van der Waals surface area (Å²) in [6.07, 6.45) is 5.43. The molecule has 1 aliphatic rings. The highest BCUT2D eigenvalue weighted by Gasteiger charge is 2.23. The number of nitrogens with zero attached hydrogens (tertiary/aromatic N) is 5. The SMILES string of the molecule is O=C(NCC(c1ccccc1)N1CCCCC1)c1cccn2nnnc12. The number of nitrogens with one attached hydrogen (secondary N) is 1. The third-order valence-electron chi connectivity index (χ3n) is 4.94. The van der Waals surface area contributed by atoms with Crippen LogP contribution in [0.25, 0.3) is 5.65 Å². The lowest BCUT2D eigenvalue weighted by Crippen LogP contribution is -2.40. The monoisotopic (exact) mass is 350 g/mol. The number of tetrazole rings is 1. The van der Waals surface area contributed by atoms with E-state index in [0.717, 1.165) is 13.1 Å². The fraction of sp³-hybridized carbons (Fsp3) is 0.368. The molecule has 134 valence electrons. The van der Waals surface area contributed by atoms with Crippen molar-refractivity contribution in [2.75, 3.05) is 19.6 Å². The van der Waals surface area contributed by atoms with Crippen LogP contribution in [0.2, 0.25) is 0 Å². The normalized spacial score (nSPS) is 16.5. The van der Waals surface area contributed by atoms with Crippen molar-refractivity contribution in [3.63, 3.8) is 0 Å². The van der Waals surface area contributed by atoms with Crippen molar-refractivity contribution in [2.45, 2.75) is 25.3 Å². The lowest BCUT2D eigenvalue weighted by atomic mass is 10.0. The van der Waals surface area contributed by atoms with E-state index in [9.17, 15) is 4.79 Å². The Bertz CT molecular complexity index is 872. The standard InChI is InChI=1S/C19H22N6O/c26-19(16-10-7-13-25-18(16)21-22-23-25)20-14-17(15-8-3-1-4-9-15)24-11-5-2-6-12-24/h1,3-4,7-10,13,17H,2,5-6,11-12,14H2,(H,20,26). The minimum Gasteiger partial charge on any atom is -0.350 e. The summed E-state index contributed by atoms with van der Waals surface area (Å²) in [5, 5.41) is 14.5. The summed E-state index contributed by atoms with van der Waals surface area (Å²) in [5.74, 6) is -0.150. The average molecular weight is 350 g/mol. The van der Waals surface area contributed by atoms with E-state index in [0.29, 0.717) is 17.8 Å². The first-order valence-corrected chi connectivity index (χ1v) is 9.07. The molecule has 0 aliphatic carbocycles. The molecule has 0 radical (unpaired) electrons. The van der Waals surface area contributed by atoms with Gasteiger partial charge in [-0.05, 0) is 54.1 Å². The highest BCUT2D eigenvalue weighted by atomic mass is 16.1. The first-order chi connectivity index (χ1) is 12.8. The zero-order valence-electron chi connectivity index (χ0n) is 14.6. The number of fused-ring (bicyclic) bond motifs is 1. The number of aromatic nitrogens is 4. The predicted octanol–water partition coefficient (Wildman–Crippen LogP) is 2.08. The van der Waals surface area contributed by atoms with E-state index in [-0.39, 0.29) is 11.9 Å². The Morgan fingerprint density at radius 2 is 1.88 bits per heavy atom. The van der Waals surface area contributed by atoms with E-state index >= 15 is 0 Å². The van der Waals surface area contributed by atoms with Crippen LogP contribution in [0.15, 0.2) is 48.7 Å². The van der Waals surface area contributed by atoms with E-state index in [4.69, 9.17) is 0 Å². The van der Waals surface area contributed by atoms with Crippen LogP contribution in [0.1, 0.15) is 41.2 Å². The molecule has 1 atom stereocenters. The zero-order valence-corrected chi connectivity index (χ0v) is 14.6. The maximum Gasteiger partial charge on any atom is 0.255 e. The molecule has 1 fully saturated rings. The van der Waals surface area contributed by atoms with Gasteiger partial charge in [-0.25, -0.2) is 0 Å². The van der Waals surface area contributed by atoms with E-state index in [2.05, 4.69) is 50.0 Å². The lowest BCUT2D eigenvalue weighted by molar-refractivity contribution is 0.0925. The Labute approximate surface area is 152 Å². The van der Waals surface area contributed by atoms with E-state index < -0.39 is 0 Å². The molecule has 1 N–H and O–H groups in total. The van der Waals surface area contributed by atoms with Crippen LogP contribution in [-0.4, -0.2) is 50.5 Å². The van der Waals surface area contributed by atoms with Crippen molar-refractivity contribution in [1.82, 2.24) is 30.3 Å². The van der Waals surface area contributed by atoms with Gasteiger partial charge in [0.15, 0.2) is 5.65 Å². The van der Waals surface area contributed by atoms with Crippen LogP contribution >= 0.6 is 0 Å². The summed E-state index contributed by atoms with van der Waals surface area (Å²) < 4.78 is 1.51. The first kappa shape index (κ1) is 16.7. The van der Waals surface area contributed by atoms with Gasteiger partial charge in [0.25, 0.3) is 5.91 Å². The quantitative estimate of drug-likeness (QED) is 0.762. The molecule has 1 unspecified atom stereocenters. The van der Waals surface area contributed by atoms with E-state index in [1.54, 1.807) is 18.3 Å². The molecule has 7 nitrogen and oxygen atoms in total. The molecular formula is C19H22N6O. The first-order valence-electron chi connectivity index (χ1n) is 9.07. The fourth-order valence-corrected chi connectivity index (χ4v) is 3.59. The van der Waals surface area contributed by atoms with Crippen molar-refractivity contribution in [2.24, 2.45) is 0 Å². The molecule has 1 aromatic carbocycles. The number of rotatable bonds is 5. The molecule has 0 bridgehead atoms. The number of amides is 1. The summed E-state index contributed by atoms with van der Waals surface area (Å²) in [6.45, 7) is 2.70. The molecule has 3 aromatic rings. The van der Waals surface area contributed by atoms with Gasteiger partial charge in [-0.3, -0.25) is 9.69 Å². The van der Waals surface area contributed by atoms with E-state index in [1.165, 1.54) is 29.3 Å². The van der Waals surface area contributed by atoms with Crippen LogP contribution in [-0.2, 0) is 0 Å². The third kappa shape index (κ3) is 3.43. The molecule has 0 spiro atoms. The van der Waals surface area contributed by atoms with Crippen LogP contribution in [0.4, 0.5) is 0 Å². The van der Waals surface area contributed by atoms with Gasteiger partial charge in [0.05, 0.1) is 11.6 Å². The summed E-state index contributed by atoms with van der Waals surface area (Å²) in [7, 11) is 0. The van der Waals surface area contributed by atoms with Gasteiger partial charge in [0.2, 0.25) is 0 Å². The highest BCUT2D eigenvalue weighted by molar-refractivity contribution is 5.99. The number of pyridine rings is 1. The van der Waals surface area contributed by atoms with Gasteiger partial charge in [-0.1, -0.05) is 36.8 Å². The number of hydrogen-bond donors (Lipinski definition) is 1. The molecular weight excluding hydrogens is 328 g/mol. The highest BCUT2D eigenvalue weighted by Crippen LogP contribution is 2.24. The Morgan fingerprint density at radius 3 is 2.69 bits per heavy atom. The Morgan fingerprint density at radius 1 is 1.08 bits per heavy atom. The van der Waals surface area contributed by atoms with Crippen molar-refractivity contribution >= 4 is 11.6 Å². The smallest absolute Gasteiger partial charge is 0.255 e. The molecule has 2 aromatic heterocycles. The lowest BCUT2D eigenvalue weighted by Gasteiger charge is -2.35. The summed E-state index contributed by atoms with van der Waals surface area (Å²) in [4.78, 5) is 15.2. The second-order valence-corrected chi connectivity index (χ2v) is 6.60. The average Bonchev–Trinajstić information content (AvgIpc) is 3.18. The molecule has 26 heavy (non-hydrogen) atoms. The number of piperidine rings is 1. The van der Waals surface area contributed by atoms with Gasteiger partial charge in [-0.15, -0.1) is 5.10 Å². The van der Waals surface area contributed by atoms with Gasteiger partial charge < -0.3 is 5.32 Å². The van der Waals surface area contributed by atoms with Crippen molar-refractivity contribution < 1.29 is 4.79 Å². The summed E-state index contributed by atoms with van der Waals surface area (Å²) in [6, 6.07) is 14.1. The van der Waals surface area contributed by atoms with Crippen molar-refractivity contribution in [3.05, 3.63) is 59.8 Å². The van der Waals surface area contributed by atoms with Gasteiger partial charge in [0.1, 0.15) is 0 Å². The van der Waals surface area contributed by atoms with Crippen LogP contribution < -0.4 is 5.32 Å². The maximum atomic E-state index is 12.7. The summed E-state index contributed by atoms with van der Waals surface area (Å²) in [5.41, 5.74) is 2.19. The molecule has 7 heteroatoms. The van der Waals surface area contributed by atoms with Gasteiger partial charge in [-0.2, -0.15) is 4.52 Å². The van der Waals surface area contributed by atoms with Crippen molar-refractivity contribution in [3.8, 4) is 0 Å². The fourth-order valence-electron chi connectivity index (χ4n) is 3.59. The van der Waals surface area contributed by atoms with Crippen LogP contribution in [0.3, 0.4) is 0 Å². The molecule has 3 heterocycles. The molecule has 4 rings (SSSR count). The maximum absolute atomic E-state index is 12.7. The Hall–Kier alpha value is -2.80. The third-order valence-corrected chi connectivity index (χ3v) is 4.94. The Kier molecular flexibility index (Phi) is 4.88. The van der Waals surface area contributed by atoms with Crippen molar-refractivity contribution in [1.29, 1.82) is 0 Å². The second-order valence-electron chi connectivity index (χ2n) is 6.60. The molecule has 1 aliphatic heterocycles. The summed E-state index contributed by atoms with van der Waals surface area (Å²) >= 11 is 0. The Balaban J connectivity index is 1.52. The minimum atomic E-state index is -0.150. The molecule has 0 saturated carbocycles. The van der Waals surface area contributed by atoms with Gasteiger partial charge >= 0.3 is 0 Å². The molecule has 1 amide bonds. The van der Waals surface area contributed by atoms with Gasteiger partial charge in [0, 0.05) is 12.7 Å². The number of benzene rings is 1. The predicted molar refractivity (Wildman–Crippen MR) is 97.7 cm³/mol. The number of carbonyl (C=O) groups is 1. The largest absolute Gasteiger partial charge is 0.350 e. The minimum absolute atomic E-state index is 0.150.